The van der Waals surface area contributed by atoms with Gasteiger partial charge in [0.2, 0.25) is 0 Å². The third kappa shape index (κ3) is 4.49. The lowest BCUT2D eigenvalue weighted by Crippen LogP contribution is -2.25. The predicted octanol–water partition coefficient (Wildman–Crippen LogP) is 3.45. The van der Waals surface area contributed by atoms with Crippen LogP contribution in [0.2, 0.25) is 0 Å². The number of aromatic amines is 1. The van der Waals surface area contributed by atoms with Crippen molar-refractivity contribution in [1.82, 2.24) is 20.5 Å². The van der Waals surface area contributed by atoms with Crippen LogP contribution in [0.5, 0.6) is 11.5 Å². The first-order valence-electron chi connectivity index (χ1n) is 9.05. The van der Waals surface area contributed by atoms with Gasteiger partial charge in [0, 0.05) is 35.7 Å². The van der Waals surface area contributed by atoms with Gasteiger partial charge in [0.25, 0.3) is 5.91 Å². The van der Waals surface area contributed by atoms with Crippen molar-refractivity contribution >= 4 is 28.1 Å². The number of para-hydroxylation sites is 1. The molecule has 0 aliphatic rings. The molecule has 0 aliphatic heterocycles. The second-order valence-corrected chi connectivity index (χ2v) is 7.46. The van der Waals surface area contributed by atoms with Gasteiger partial charge in [-0.15, -0.1) is 0 Å². The summed E-state index contributed by atoms with van der Waals surface area (Å²) in [7, 11) is 0. The summed E-state index contributed by atoms with van der Waals surface area (Å²) in [5.41, 5.74) is 2.28. The summed E-state index contributed by atoms with van der Waals surface area (Å²) >= 11 is 1.05. The Bertz CT molecular complexity index is 1210. The molecule has 0 spiro atoms. The van der Waals surface area contributed by atoms with Crippen molar-refractivity contribution in [3.8, 4) is 11.5 Å². The number of pyridine rings is 1. The van der Waals surface area contributed by atoms with Crippen molar-refractivity contribution in [2.24, 2.45) is 0 Å². The first-order valence-corrected chi connectivity index (χ1v) is 9.87. The van der Waals surface area contributed by atoms with E-state index in [-0.39, 0.29) is 10.8 Å². The fourth-order valence-corrected chi connectivity index (χ4v) is 3.51. The Hall–Kier alpha value is -3.52. The number of H-pyrrole nitrogens is 1. The number of fused-ring (bicyclic) bond motifs is 1. The van der Waals surface area contributed by atoms with Crippen molar-refractivity contribution < 1.29 is 9.53 Å². The molecule has 0 aliphatic carbocycles. The number of amides is 1. The molecule has 0 saturated heterocycles. The van der Waals surface area contributed by atoms with Crippen molar-refractivity contribution in [3.05, 3.63) is 80.5 Å². The van der Waals surface area contributed by atoms with Crippen LogP contribution in [0, 0.1) is 6.92 Å². The van der Waals surface area contributed by atoms with Gasteiger partial charge in [-0.05, 0) is 43.3 Å². The molecule has 2 aromatic carbocycles. The first kappa shape index (κ1) is 18.8. The van der Waals surface area contributed by atoms with Gasteiger partial charge in [-0.1, -0.05) is 23.5 Å². The minimum atomic E-state index is -0.195. The highest BCUT2D eigenvalue weighted by atomic mass is 32.1. The van der Waals surface area contributed by atoms with E-state index < -0.39 is 0 Å². The fraction of sp³-hybridized carbons (Fsp3) is 0.143. The van der Waals surface area contributed by atoms with E-state index in [9.17, 15) is 9.59 Å². The summed E-state index contributed by atoms with van der Waals surface area (Å²) in [5.74, 6) is 1.17. The van der Waals surface area contributed by atoms with E-state index in [2.05, 4.69) is 20.5 Å². The molecule has 0 bridgehead atoms. The van der Waals surface area contributed by atoms with Crippen molar-refractivity contribution in [2.75, 3.05) is 6.54 Å². The van der Waals surface area contributed by atoms with Crippen LogP contribution < -0.4 is 14.9 Å². The van der Waals surface area contributed by atoms with E-state index in [1.165, 1.54) is 0 Å². The van der Waals surface area contributed by atoms with Gasteiger partial charge >= 0.3 is 4.87 Å². The summed E-state index contributed by atoms with van der Waals surface area (Å²) in [6, 6.07) is 16.7. The summed E-state index contributed by atoms with van der Waals surface area (Å²) in [4.78, 5) is 27.7. The average Bonchev–Trinajstić information content (AvgIpc) is 3.13. The Morgan fingerprint density at radius 1 is 1.17 bits per heavy atom. The molecular formula is C21H18N4O3S. The van der Waals surface area contributed by atoms with Gasteiger partial charge < -0.3 is 10.1 Å². The third-order valence-electron chi connectivity index (χ3n) is 4.26. The van der Waals surface area contributed by atoms with E-state index in [0.717, 1.165) is 33.7 Å². The molecule has 4 rings (SSSR count). The van der Waals surface area contributed by atoms with Crippen LogP contribution in [0.4, 0.5) is 0 Å². The van der Waals surface area contributed by atoms with Gasteiger partial charge in [-0.25, -0.2) is 5.10 Å². The van der Waals surface area contributed by atoms with Gasteiger partial charge in [0.15, 0.2) is 0 Å². The van der Waals surface area contributed by atoms with Crippen LogP contribution in [0.3, 0.4) is 0 Å². The highest BCUT2D eigenvalue weighted by Gasteiger charge is 2.09. The molecule has 0 unspecified atom stereocenters. The summed E-state index contributed by atoms with van der Waals surface area (Å²) in [5, 5.41) is 10.7. The van der Waals surface area contributed by atoms with Crippen LogP contribution in [0.25, 0.3) is 10.9 Å². The van der Waals surface area contributed by atoms with Crippen molar-refractivity contribution in [1.29, 1.82) is 0 Å². The number of rotatable bonds is 6. The second-order valence-electron chi connectivity index (χ2n) is 6.42. The van der Waals surface area contributed by atoms with Crippen LogP contribution in [-0.4, -0.2) is 27.6 Å². The largest absolute Gasteiger partial charge is 0.457 e. The number of carbonyl (C=O) groups is 1. The molecule has 146 valence electrons. The molecule has 7 nitrogen and oxygen atoms in total. The zero-order chi connectivity index (χ0) is 20.2. The molecule has 0 fully saturated rings. The van der Waals surface area contributed by atoms with Crippen molar-refractivity contribution in [3.63, 3.8) is 0 Å². The highest BCUT2D eigenvalue weighted by Crippen LogP contribution is 2.29. The Morgan fingerprint density at radius 3 is 2.72 bits per heavy atom. The number of nitrogens with one attached hydrogen (secondary N) is 2. The second kappa shape index (κ2) is 8.24. The molecule has 1 amide bonds. The monoisotopic (exact) mass is 406 g/mol. The van der Waals surface area contributed by atoms with Crippen molar-refractivity contribution in [2.45, 2.75) is 13.3 Å². The molecule has 2 N–H and O–H groups in total. The lowest BCUT2D eigenvalue weighted by Gasteiger charge is -2.10. The molecule has 2 heterocycles. The number of hydrogen-bond acceptors (Lipinski definition) is 6. The number of carbonyl (C=O) groups excluding carboxylic acids is 1. The van der Waals surface area contributed by atoms with E-state index in [1.807, 2.05) is 37.3 Å². The maximum Gasteiger partial charge on any atom is 0.322 e. The molecule has 4 aromatic rings. The third-order valence-corrected chi connectivity index (χ3v) is 5.07. The molecule has 29 heavy (non-hydrogen) atoms. The minimum Gasteiger partial charge on any atom is -0.457 e. The summed E-state index contributed by atoms with van der Waals surface area (Å²) in [6.45, 7) is 2.33. The van der Waals surface area contributed by atoms with E-state index in [1.54, 1.807) is 24.3 Å². The Labute approximate surface area is 170 Å². The lowest BCUT2D eigenvalue weighted by atomic mass is 10.1. The Balaban J connectivity index is 1.41. The maximum absolute atomic E-state index is 12.3. The Morgan fingerprint density at radius 2 is 1.97 bits per heavy atom. The quantitative estimate of drug-likeness (QED) is 0.511. The SMILES string of the molecule is Cc1cc(Oc2ccc(C(=O)NCCc3n[nH]c(=O)s3)cc2)c2ccccc2n1. The standard InChI is InChI=1S/C21H18N4O3S/c1-13-12-18(16-4-2-3-5-17(16)23-13)28-15-8-6-14(7-9-15)20(26)22-11-10-19-24-25-21(27)29-19/h2-9,12H,10-11H2,1H3,(H,22,26)(H,25,27). The van der Waals surface area contributed by atoms with Gasteiger partial charge in [0.05, 0.1) is 5.52 Å². The van der Waals surface area contributed by atoms with Crippen LogP contribution in [0.1, 0.15) is 21.1 Å². The number of ether oxygens (including phenoxy) is 1. The fourth-order valence-electron chi connectivity index (χ4n) is 2.91. The van der Waals surface area contributed by atoms with E-state index in [4.69, 9.17) is 4.74 Å². The summed E-state index contributed by atoms with van der Waals surface area (Å²) in [6.07, 6.45) is 0.505. The van der Waals surface area contributed by atoms with E-state index >= 15 is 0 Å². The number of benzene rings is 2. The number of nitrogens with zero attached hydrogens (tertiary/aromatic N) is 2. The zero-order valence-electron chi connectivity index (χ0n) is 15.6. The molecule has 8 heteroatoms. The molecule has 0 atom stereocenters. The first-order chi connectivity index (χ1) is 14.1. The lowest BCUT2D eigenvalue weighted by molar-refractivity contribution is 0.0954. The molecule has 0 saturated carbocycles. The number of aromatic nitrogens is 3. The van der Waals surface area contributed by atoms with Crippen LogP contribution in [-0.2, 0) is 6.42 Å². The predicted molar refractivity (Wildman–Crippen MR) is 112 cm³/mol. The van der Waals surface area contributed by atoms with Crippen LogP contribution in [0.15, 0.2) is 59.4 Å². The number of aryl methyl sites for hydroxylation is 1. The van der Waals surface area contributed by atoms with Crippen LogP contribution >= 0.6 is 11.3 Å². The van der Waals surface area contributed by atoms with E-state index in [0.29, 0.717) is 29.3 Å². The highest BCUT2D eigenvalue weighted by molar-refractivity contribution is 7.08. The average molecular weight is 406 g/mol. The number of hydrogen-bond donors (Lipinski definition) is 2. The van der Waals surface area contributed by atoms with Gasteiger partial charge in [0.1, 0.15) is 16.5 Å². The van der Waals surface area contributed by atoms with Gasteiger partial charge in [-0.2, -0.15) is 5.10 Å². The smallest absolute Gasteiger partial charge is 0.322 e. The minimum absolute atomic E-state index is 0.190. The normalized spacial score (nSPS) is 10.8. The van der Waals surface area contributed by atoms with Gasteiger partial charge in [-0.3, -0.25) is 14.6 Å². The maximum atomic E-state index is 12.3. The molecule has 0 radical (unpaired) electrons. The summed E-state index contributed by atoms with van der Waals surface area (Å²) < 4.78 is 6.04. The topological polar surface area (TPSA) is 97.0 Å². The zero-order valence-corrected chi connectivity index (χ0v) is 16.5. The molecular weight excluding hydrogens is 388 g/mol. The molecule has 2 aromatic heterocycles. The Kier molecular flexibility index (Phi) is 5.35.